The quantitative estimate of drug-likeness (QED) is 0.366. The van der Waals surface area contributed by atoms with Gasteiger partial charge in [0.05, 0.1) is 0 Å². The van der Waals surface area contributed by atoms with Gasteiger partial charge in [-0.3, -0.25) is 0 Å². The molecule has 0 fully saturated rings. The van der Waals surface area contributed by atoms with Gasteiger partial charge in [-0.2, -0.15) is 0 Å². The first kappa shape index (κ1) is 22.8. The van der Waals surface area contributed by atoms with Crippen LogP contribution in [0.5, 0.6) is 0 Å². The third kappa shape index (κ3) is 4.42. The summed E-state index contributed by atoms with van der Waals surface area (Å²) in [6.07, 6.45) is 49.8. The molecular weight excluding hydrogens is 420 g/mol. The van der Waals surface area contributed by atoms with Gasteiger partial charge in [0.25, 0.3) is 0 Å². The van der Waals surface area contributed by atoms with Crippen molar-refractivity contribution in [2.24, 2.45) is 17.3 Å². The van der Waals surface area contributed by atoms with E-state index in [-0.39, 0.29) is 5.41 Å². The van der Waals surface area contributed by atoms with Gasteiger partial charge in [-0.25, -0.2) is 0 Å². The minimum Gasteiger partial charge on any atom is -0.0729 e. The molecule has 0 aliphatic heterocycles. The highest BCUT2D eigenvalue weighted by atomic mass is 14.5. The van der Waals surface area contributed by atoms with E-state index in [1.807, 2.05) is 0 Å². The van der Waals surface area contributed by atoms with Crippen LogP contribution in [0.1, 0.15) is 70.6 Å². The molecule has 0 aromatic heterocycles. The van der Waals surface area contributed by atoms with E-state index < -0.39 is 0 Å². The first-order valence-electron chi connectivity index (χ1n) is 14.1. The molecule has 3 unspecified atom stereocenters. The van der Waals surface area contributed by atoms with Gasteiger partial charge in [0, 0.05) is 17.8 Å². The molecule has 0 N–H and O–H groups in total. The van der Waals surface area contributed by atoms with Crippen LogP contribution < -0.4 is 0 Å². The van der Waals surface area contributed by atoms with Crippen molar-refractivity contribution in [3.05, 3.63) is 125 Å². The Morgan fingerprint density at radius 2 is 1.37 bits per heavy atom. The van der Waals surface area contributed by atoms with E-state index in [2.05, 4.69) is 91.5 Å². The molecule has 3 atom stereocenters. The third-order valence-corrected chi connectivity index (χ3v) is 9.15. The molecular formula is C35H39. The molecule has 6 aliphatic rings. The normalized spacial score (nSPS) is 34.3. The van der Waals surface area contributed by atoms with Gasteiger partial charge in [0.15, 0.2) is 0 Å². The minimum absolute atomic E-state index is 0.0939. The number of fused-ring (bicyclic) bond motifs is 3. The molecule has 179 valence electrons. The van der Waals surface area contributed by atoms with Gasteiger partial charge in [0.1, 0.15) is 0 Å². The fraction of sp³-hybridized carbons (Fsp3) is 0.400. The Hall–Kier alpha value is -2.60. The molecule has 0 bridgehead atoms. The lowest BCUT2D eigenvalue weighted by atomic mass is 9.59. The molecule has 35 heavy (non-hydrogen) atoms. The largest absolute Gasteiger partial charge is 0.0729 e. The van der Waals surface area contributed by atoms with Crippen molar-refractivity contribution in [1.82, 2.24) is 0 Å². The molecule has 0 saturated carbocycles. The van der Waals surface area contributed by atoms with Gasteiger partial charge in [-0.1, -0.05) is 107 Å². The SMILES string of the molecule is [CH]1C2=C(CCCC2)CCCC(C23C=CC=CC=C2C2C=CC=CC=C2/C=C\C=C/3)C2=C1CCCC2. The first-order chi connectivity index (χ1) is 17.4. The summed E-state index contributed by atoms with van der Waals surface area (Å²) in [5, 5.41) is 0. The second kappa shape index (κ2) is 10.2. The molecule has 6 aliphatic carbocycles. The van der Waals surface area contributed by atoms with Crippen LogP contribution >= 0.6 is 0 Å². The highest BCUT2D eigenvalue weighted by molar-refractivity contribution is 5.53. The Labute approximate surface area is 212 Å². The second-order valence-corrected chi connectivity index (χ2v) is 11.1. The minimum atomic E-state index is -0.0939. The van der Waals surface area contributed by atoms with Crippen LogP contribution in [0.3, 0.4) is 0 Å². The van der Waals surface area contributed by atoms with Gasteiger partial charge in [0.2, 0.25) is 0 Å². The summed E-state index contributed by atoms with van der Waals surface area (Å²) in [4.78, 5) is 0. The molecule has 0 heteroatoms. The van der Waals surface area contributed by atoms with Gasteiger partial charge >= 0.3 is 0 Å². The smallest absolute Gasteiger partial charge is 0.0355 e. The molecule has 6 rings (SSSR count). The predicted molar refractivity (Wildman–Crippen MR) is 150 cm³/mol. The maximum Gasteiger partial charge on any atom is 0.0355 e. The Bertz CT molecular complexity index is 1150. The van der Waals surface area contributed by atoms with E-state index >= 15 is 0 Å². The molecule has 0 nitrogen and oxygen atoms in total. The molecule has 0 heterocycles. The monoisotopic (exact) mass is 459 g/mol. The highest BCUT2D eigenvalue weighted by Gasteiger charge is 2.44. The van der Waals surface area contributed by atoms with E-state index in [0.717, 1.165) is 0 Å². The van der Waals surface area contributed by atoms with Crippen molar-refractivity contribution in [3.63, 3.8) is 0 Å². The lowest BCUT2D eigenvalue weighted by Gasteiger charge is -2.44. The highest BCUT2D eigenvalue weighted by Crippen LogP contribution is 2.54. The predicted octanol–water partition coefficient (Wildman–Crippen LogP) is 9.57. The van der Waals surface area contributed by atoms with Crippen molar-refractivity contribution >= 4 is 0 Å². The summed E-state index contributed by atoms with van der Waals surface area (Å²) < 4.78 is 0. The van der Waals surface area contributed by atoms with Crippen molar-refractivity contribution in [2.75, 3.05) is 0 Å². The van der Waals surface area contributed by atoms with Gasteiger partial charge in [-0.15, -0.1) is 0 Å². The Balaban J connectivity index is 1.51. The Morgan fingerprint density at radius 3 is 2.31 bits per heavy atom. The number of allylic oxidation sites excluding steroid dienone is 20. The van der Waals surface area contributed by atoms with E-state index in [1.165, 1.54) is 81.8 Å². The number of rotatable bonds is 1. The van der Waals surface area contributed by atoms with Crippen molar-refractivity contribution in [2.45, 2.75) is 70.6 Å². The summed E-state index contributed by atoms with van der Waals surface area (Å²) in [5.41, 5.74) is 9.78. The van der Waals surface area contributed by atoms with Crippen LogP contribution in [-0.4, -0.2) is 0 Å². The topological polar surface area (TPSA) is 0 Å². The zero-order valence-corrected chi connectivity index (χ0v) is 21.1. The van der Waals surface area contributed by atoms with Crippen LogP contribution in [0.2, 0.25) is 0 Å². The van der Waals surface area contributed by atoms with Crippen molar-refractivity contribution < 1.29 is 0 Å². The van der Waals surface area contributed by atoms with E-state index in [9.17, 15) is 0 Å². The van der Waals surface area contributed by atoms with E-state index in [1.54, 1.807) is 22.3 Å². The first-order valence-corrected chi connectivity index (χ1v) is 14.1. The maximum absolute atomic E-state index is 2.69. The van der Waals surface area contributed by atoms with Crippen LogP contribution in [0.15, 0.2) is 119 Å². The molecule has 0 amide bonds. The van der Waals surface area contributed by atoms with Crippen molar-refractivity contribution in [1.29, 1.82) is 0 Å². The molecule has 0 saturated heterocycles. The van der Waals surface area contributed by atoms with Gasteiger partial charge < -0.3 is 0 Å². The summed E-state index contributed by atoms with van der Waals surface area (Å²) in [5.74, 6) is 0.820. The van der Waals surface area contributed by atoms with Crippen LogP contribution in [0.25, 0.3) is 0 Å². The van der Waals surface area contributed by atoms with E-state index in [4.69, 9.17) is 0 Å². The fourth-order valence-corrected chi connectivity index (χ4v) is 7.48. The standard InChI is InChI=1S/C35H39/c1-3-15-28-16-10-12-25-35(24-11-2-5-22-33(35)31(28)20-4-1)34-23-13-19-27-14-6-7-17-29(27)26-30-18-8-9-21-32(30)34/h1-5,10-12,15-16,20,22,24-26,31,34H,6-9,13-14,17-19,21,23H2/b16-10-,25-12-. The lowest BCUT2D eigenvalue weighted by Crippen LogP contribution is -2.35. The molecule has 0 aromatic rings. The second-order valence-electron chi connectivity index (χ2n) is 11.1. The third-order valence-electron chi connectivity index (χ3n) is 9.15. The van der Waals surface area contributed by atoms with Crippen LogP contribution in [0.4, 0.5) is 0 Å². The zero-order valence-electron chi connectivity index (χ0n) is 21.1. The lowest BCUT2D eigenvalue weighted by molar-refractivity contribution is 0.335. The van der Waals surface area contributed by atoms with Crippen LogP contribution in [-0.2, 0) is 0 Å². The Kier molecular flexibility index (Phi) is 6.64. The summed E-state index contributed by atoms with van der Waals surface area (Å²) in [6.45, 7) is 0. The van der Waals surface area contributed by atoms with Crippen LogP contribution in [0, 0.1) is 23.7 Å². The average Bonchev–Trinajstić information content (AvgIpc) is 3.19. The number of hydrogen-bond donors (Lipinski definition) is 0. The van der Waals surface area contributed by atoms with E-state index in [0.29, 0.717) is 11.8 Å². The summed E-state index contributed by atoms with van der Waals surface area (Å²) in [6, 6.07) is 0. The maximum atomic E-state index is 2.69. The molecule has 0 spiro atoms. The van der Waals surface area contributed by atoms with Gasteiger partial charge in [-0.05, 0) is 87.7 Å². The van der Waals surface area contributed by atoms with Crippen molar-refractivity contribution in [3.8, 4) is 0 Å². The summed E-state index contributed by atoms with van der Waals surface area (Å²) >= 11 is 0. The molecule has 1 radical (unpaired) electrons. The number of hydrogen-bond acceptors (Lipinski definition) is 0. The summed E-state index contributed by atoms with van der Waals surface area (Å²) in [7, 11) is 0. The Morgan fingerprint density at radius 1 is 0.629 bits per heavy atom. The fourth-order valence-electron chi connectivity index (χ4n) is 7.48. The average molecular weight is 460 g/mol. The zero-order chi connectivity index (χ0) is 23.5. The molecule has 0 aromatic carbocycles.